The van der Waals surface area contributed by atoms with E-state index in [0.717, 1.165) is 50.6 Å². The van der Waals surface area contributed by atoms with Crippen LogP contribution in [-0.2, 0) is 0 Å². The van der Waals surface area contributed by atoms with E-state index in [0.29, 0.717) is 41.2 Å². The molecule has 1 aromatic heterocycles. The van der Waals surface area contributed by atoms with Crippen LogP contribution in [0, 0.1) is 17.8 Å². The van der Waals surface area contributed by atoms with Crippen molar-refractivity contribution >= 4 is 11.9 Å². The van der Waals surface area contributed by atoms with Crippen LogP contribution in [0.15, 0.2) is 6.20 Å². The first-order valence-corrected chi connectivity index (χ1v) is 11.7. The number of hydrogen-bond donors (Lipinski definition) is 3. The van der Waals surface area contributed by atoms with Gasteiger partial charge in [-0.2, -0.15) is 0 Å². The number of aliphatic hydroxyl groups is 1. The molecule has 156 valence electrons. The molecular formula is C23H32N4O2. The molecule has 6 heteroatoms. The second-order valence-electron chi connectivity index (χ2n) is 10.6. The van der Waals surface area contributed by atoms with E-state index in [2.05, 4.69) is 15.6 Å². The lowest BCUT2D eigenvalue weighted by molar-refractivity contribution is -0.136. The van der Waals surface area contributed by atoms with Crippen LogP contribution in [0.1, 0.15) is 92.6 Å². The maximum atomic E-state index is 13.4. The number of amides is 1. The third-order valence-electron chi connectivity index (χ3n) is 8.25. The van der Waals surface area contributed by atoms with E-state index in [-0.39, 0.29) is 11.9 Å². The fourth-order valence-electron chi connectivity index (χ4n) is 7.01. The topological polar surface area (TPSA) is 87.1 Å². The molecule has 6 aliphatic carbocycles. The molecule has 3 N–H and O–H groups in total. The lowest BCUT2D eigenvalue weighted by atomic mass is 9.52. The number of hydrogen-bond acceptors (Lipinski definition) is 5. The number of carbonyl (C=O) groups excluding carboxylic acids is 1. The molecule has 2 unspecified atom stereocenters. The van der Waals surface area contributed by atoms with E-state index in [1.54, 1.807) is 6.20 Å². The molecule has 0 aromatic carbocycles. The largest absolute Gasteiger partial charge is 0.390 e. The Morgan fingerprint density at radius 3 is 2.45 bits per heavy atom. The number of nitrogens with zero attached hydrogens (tertiary/aromatic N) is 2. The number of nitrogens with one attached hydrogen (secondary N) is 2. The molecule has 6 saturated carbocycles. The summed E-state index contributed by atoms with van der Waals surface area (Å²) < 4.78 is 0. The Kier molecular flexibility index (Phi) is 4.16. The van der Waals surface area contributed by atoms with Gasteiger partial charge in [-0.25, -0.2) is 9.97 Å². The lowest BCUT2D eigenvalue weighted by Crippen LogP contribution is -2.61. The number of aromatic nitrogens is 2. The van der Waals surface area contributed by atoms with Gasteiger partial charge in [-0.3, -0.25) is 4.79 Å². The molecule has 6 fully saturated rings. The molecule has 0 radical (unpaired) electrons. The van der Waals surface area contributed by atoms with Gasteiger partial charge in [0.2, 0.25) is 5.95 Å². The minimum absolute atomic E-state index is 0.00525. The van der Waals surface area contributed by atoms with E-state index >= 15 is 0 Å². The van der Waals surface area contributed by atoms with Gasteiger partial charge < -0.3 is 15.7 Å². The zero-order valence-electron chi connectivity index (χ0n) is 17.1. The Labute approximate surface area is 172 Å². The highest BCUT2D eigenvalue weighted by Crippen LogP contribution is 2.55. The minimum atomic E-state index is -0.466. The summed E-state index contributed by atoms with van der Waals surface area (Å²) >= 11 is 0. The van der Waals surface area contributed by atoms with Crippen LogP contribution in [0.3, 0.4) is 0 Å². The predicted molar refractivity (Wildman–Crippen MR) is 110 cm³/mol. The number of anilines is 1. The van der Waals surface area contributed by atoms with Crippen molar-refractivity contribution in [2.75, 3.05) is 5.32 Å². The summed E-state index contributed by atoms with van der Waals surface area (Å²) in [5, 5.41) is 17.6. The third kappa shape index (κ3) is 3.33. The van der Waals surface area contributed by atoms with Crippen molar-refractivity contribution in [2.24, 2.45) is 17.8 Å². The van der Waals surface area contributed by atoms with Crippen molar-refractivity contribution in [1.82, 2.24) is 15.3 Å². The van der Waals surface area contributed by atoms with Crippen LogP contribution in [0.4, 0.5) is 5.95 Å². The summed E-state index contributed by atoms with van der Waals surface area (Å²) in [6, 6.07) is 0.699. The van der Waals surface area contributed by atoms with Gasteiger partial charge in [0.25, 0.3) is 5.91 Å². The van der Waals surface area contributed by atoms with Crippen molar-refractivity contribution < 1.29 is 9.90 Å². The SMILES string of the molecule is O=C(NC1C2CC3CC1CC(O)(C3)C2)c1cnc(NC2CC2)nc1C1CCCC1. The van der Waals surface area contributed by atoms with Gasteiger partial charge >= 0.3 is 0 Å². The smallest absolute Gasteiger partial charge is 0.254 e. The van der Waals surface area contributed by atoms with Gasteiger partial charge in [0.15, 0.2) is 0 Å². The monoisotopic (exact) mass is 396 g/mol. The average molecular weight is 397 g/mol. The van der Waals surface area contributed by atoms with Crippen molar-refractivity contribution in [3.63, 3.8) is 0 Å². The number of rotatable bonds is 5. The molecule has 0 aliphatic heterocycles. The van der Waals surface area contributed by atoms with E-state index in [4.69, 9.17) is 4.98 Å². The van der Waals surface area contributed by atoms with Gasteiger partial charge in [-0.05, 0) is 75.5 Å². The predicted octanol–water partition coefficient (Wildman–Crippen LogP) is 3.38. The average Bonchev–Trinajstić information content (AvgIpc) is 3.32. The van der Waals surface area contributed by atoms with Crippen molar-refractivity contribution in [1.29, 1.82) is 0 Å². The summed E-state index contributed by atoms with van der Waals surface area (Å²) in [7, 11) is 0. The third-order valence-corrected chi connectivity index (χ3v) is 8.25. The molecule has 0 saturated heterocycles. The van der Waals surface area contributed by atoms with Crippen molar-refractivity contribution in [2.45, 2.75) is 94.2 Å². The Balaban J connectivity index is 1.24. The quantitative estimate of drug-likeness (QED) is 0.710. The molecule has 4 bridgehead atoms. The first kappa shape index (κ1) is 18.1. The first-order valence-electron chi connectivity index (χ1n) is 11.7. The van der Waals surface area contributed by atoms with Crippen LogP contribution in [0.5, 0.6) is 0 Å². The van der Waals surface area contributed by atoms with E-state index < -0.39 is 5.60 Å². The summed E-state index contributed by atoms with van der Waals surface area (Å²) in [6.07, 6.45) is 13.8. The van der Waals surface area contributed by atoms with Crippen LogP contribution >= 0.6 is 0 Å². The highest BCUT2D eigenvalue weighted by molar-refractivity contribution is 5.95. The Bertz CT molecular complexity index is 801. The number of carbonyl (C=O) groups is 1. The van der Waals surface area contributed by atoms with Crippen molar-refractivity contribution in [3.05, 3.63) is 17.5 Å². The minimum Gasteiger partial charge on any atom is -0.390 e. The van der Waals surface area contributed by atoms with Gasteiger partial charge in [-0.15, -0.1) is 0 Å². The van der Waals surface area contributed by atoms with Crippen LogP contribution in [0.2, 0.25) is 0 Å². The Hall–Kier alpha value is -1.69. The zero-order chi connectivity index (χ0) is 19.6. The molecule has 7 rings (SSSR count). The molecule has 1 heterocycles. The highest BCUT2D eigenvalue weighted by Gasteiger charge is 2.55. The van der Waals surface area contributed by atoms with Crippen molar-refractivity contribution in [3.8, 4) is 0 Å². The summed E-state index contributed by atoms with van der Waals surface area (Å²) in [4.78, 5) is 22.7. The fourth-order valence-corrected chi connectivity index (χ4v) is 7.01. The zero-order valence-corrected chi connectivity index (χ0v) is 17.1. The van der Waals surface area contributed by atoms with Crippen LogP contribution in [-0.4, -0.2) is 38.7 Å². The summed E-state index contributed by atoms with van der Waals surface area (Å²) in [5.41, 5.74) is 1.15. The molecule has 1 aromatic rings. The highest BCUT2D eigenvalue weighted by atomic mass is 16.3. The molecular weight excluding hydrogens is 364 g/mol. The summed E-state index contributed by atoms with van der Waals surface area (Å²) in [6.45, 7) is 0. The van der Waals surface area contributed by atoms with Gasteiger partial charge in [0.05, 0.1) is 16.9 Å². The molecule has 29 heavy (non-hydrogen) atoms. The lowest BCUT2D eigenvalue weighted by Gasteiger charge is -2.58. The summed E-state index contributed by atoms with van der Waals surface area (Å²) in [5.74, 6) is 2.54. The van der Waals surface area contributed by atoms with E-state index in [9.17, 15) is 9.90 Å². The normalized spacial score (nSPS) is 38.4. The van der Waals surface area contributed by atoms with E-state index in [1.165, 1.54) is 25.7 Å². The van der Waals surface area contributed by atoms with E-state index in [1.807, 2.05) is 0 Å². The molecule has 2 atom stereocenters. The second kappa shape index (κ2) is 6.66. The maximum absolute atomic E-state index is 13.4. The van der Waals surface area contributed by atoms with Gasteiger partial charge in [-0.1, -0.05) is 12.8 Å². The van der Waals surface area contributed by atoms with Crippen LogP contribution < -0.4 is 10.6 Å². The Morgan fingerprint density at radius 2 is 1.79 bits per heavy atom. The van der Waals surface area contributed by atoms with Gasteiger partial charge in [0, 0.05) is 24.2 Å². The second-order valence-corrected chi connectivity index (χ2v) is 10.6. The maximum Gasteiger partial charge on any atom is 0.254 e. The molecule has 1 amide bonds. The van der Waals surface area contributed by atoms with Crippen LogP contribution in [0.25, 0.3) is 0 Å². The standard InChI is InChI=1S/C23H32N4O2/c28-21(26-19-15-7-13-8-16(19)11-23(29,9-13)10-15)18-12-24-22(25-17-5-6-17)27-20(18)14-3-1-2-4-14/h12-17,19,29H,1-11H2,(H,26,28)(H,24,25,27). The molecule has 6 nitrogen and oxygen atoms in total. The first-order chi connectivity index (χ1) is 14.1. The van der Waals surface area contributed by atoms with Gasteiger partial charge in [0.1, 0.15) is 0 Å². The Morgan fingerprint density at radius 1 is 1.07 bits per heavy atom. The fraction of sp³-hybridized carbons (Fsp3) is 0.783. The molecule has 0 spiro atoms. The molecule has 6 aliphatic rings.